The van der Waals surface area contributed by atoms with Gasteiger partial charge in [-0.1, -0.05) is 0 Å². The number of hydrogen-bond acceptors (Lipinski definition) is 4. The zero-order valence-corrected chi connectivity index (χ0v) is 10.4. The Morgan fingerprint density at radius 1 is 1.11 bits per heavy atom. The standard InChI is InChI=1S/C14H14O4/c1-16-12-5-10-9(8-3-4-8)6-14(15)18-11(10)7-13(12)17-2/h5-8H,3-4H2,1-2H3. The minimum absolute atomic E-state index is 0.309. The second-order valence-corrected chi connectivity index (χ2v) is 4.50. The summed E-state index contributed by atoms with van der Waals surface area (Å²) in [6.45, 7) is 0. The molecular weight excluding hydrogens is 232 g/mol. The molecular formula is C14H14O4. The summed E-state index contributed by atoms with van der Waals surface area (Å²) in [5.74, 6) is 1.71. The molecule has 0 radical (unpaired) electrons. The quantitative estimate of drug-likeness (QED) is 0.781. The SMILES string of the molecule is COc1cc2oc(=O)cc(C3CC3)c2cc1OC. The Bertz CT molecular complexity index is 653. The van der Waals surface area contributed by atoms with Gasteiger partial charge in [0.1, 0.15) is 5.58 Å². The van der Waals surface area contributed by atoms with Crippen LogP contribution in [0.4, 0.5) is 0 Å². The molecule has 0 bridgehead atoms. The Hall–Kier alpha value is -1.97. The van der Waals surface area contributed by atoms with Crippen LogP contribution < -0.4 is 15.1 Å². The van der Waals surface area contributed by atoms with Gasteiger partial charge in [0.25, 0.3) is 0 Å². The molecule has 3 rings (SSSR count). The molecule has 94 valence electrons. The second kappa shape index (κ2) is 4.05. The van der Waals surface area contributed by atoms with E-state index >= 15 is 0 Å². The first-order valence-corrected chi connectivity index (χ1v) is 5.92. The van der Waals surface area contributed by atoms with E-state index in [4.69, 9.17) is 13.9 Å². The lowest BCUT2D eigenvalue weighted by Crippen LogP contribution is -2.00. The van der Waals surface area contributed by atoms with Crippen LogP contribution in [0.25, 0.3) is 11.0 Å². The summed E-state index contributed by atoms with van der Waals surface area (Å²) in [7, 11) is 3.16. The second-order valence-electron chi connectivity index (χ2n) is 4.50. The predicted molar refractivity (Wildman–Crippen MR) is 67.6 cm³/mol. The van der Waals surface area contributed by atoms with Crippen LogP contribution in [0.15, 0.2) is 27.4 Å². The highest BCUT2D eigenvalue weighted by molar-refractivity contribution is 5.84. The van der Waals surface area contributed by atoms with E-state index in [1.807, 2.05) is 6.07 Å². The van der Waals surface area contributed by atoms with Gasteiger partial charge in [-0.15, -0.1) is 0 Å². The molecule has 18 heavy (non-hydrogen) atoms. The number of ether oxygens (including phenoxy) is 2. The molecule has 2 aromatic rings. The van der Waals surface area contributed by atoms with E-state index in [0.29, 0.717) is 23.0 Å². The fourth-order valence-corrected chi connectivity index (χ4v) is 2.25. The molecule has 1 aliphatic rings. The summed E-state index contributed by atoms with van der Waals surface area (Å²) in [6.07, 6.45) is 2.26. The van der Waals surface area contributed by atoms with Gasteiger partial charge in [0, 0.05) is 17.5 Å². The molecule has 0 saturated heterocycles. The lowest BCUT2D eigenvalue weighted by molar-refractivity contribution is 0.355. The fraction of sp³-hybridized carbons (Fsp3) is 0.357. The van der Waals surface area contributed by atoms with Crippen molar-refractivity contribution >= 4 is 11.0 Å². The Morgan fingerprint density at radius 2 is 1.78 bits per heavy atom. The van der Waals surface area contributed by atoms with Crippen molar-refractivity contribution in [2.24, 2.45) is 0 Å². The minimum Gasteiger partial charge on any atom is -0.493 e. The maximum absolute atomic E-state index is 11.6. The molecule has 0 amide bonds. The summed E-state index contributed by atoms with van der Waals surface area (Å²) in [5, 5.41) is 0.940. The van der Waals surface area contributed by atoms with Crippen molar-refractivity contribution in [1.29, 1.82) is 0 Å². The van der Waals surface area contributed by atoms with Gasteiger partial charge in [0.15, 0.2) is 11.5 Å². The average molecular weight is 246 g/mol. The van der Waals surface area contributed by atoms with E-state index in [1.165, 1.54) is 0 Å². The van der Waals surface area contributed by atoms with Gasteiger partial charge < -0.3 is 13.9 Å². The summed E-state index contributed by atoms with van der Waals surface area (Å²) in [5.41, 5.74) is 1.31. The first-order valence-electron chi connectivity index (χ1n) is 5.92. The maximum atomic E-state index is 11.6. The summed E-state index contributed by atoms with van der Waals surface area (Å²) >= 11 is 0. The van der Waals surface area contributed by atoms with E-state index in [0.717, 1.165) is 23.8 Å². The highest BCUT2D eigenvalue weighted by Crippen LogP contribution is 2.44. The Morgan fingerprint density at radius 3 is 2.39 bits per heavy atom. The number of fused-ring (bicyclic) bond motifs is 1. The molecule has 0 atom stereocenters. The molecule has 0 N–H and O–H groups in total. The third-order valence-electron chi connectivity index (χ3n) is 3.30. The minimum atomic E-state index is -0.309. The van der Waals surface area contributed by atoms with Crippen molar-refractivity contribution in [3.63, 3.8) is 0 Å². The summed E-state index contributed by atoms with van der Waals surface area (Å²) < 4.78 is 15.7. The molecule has 0 spiro atoms. The molecule has 1 fully saturated rings. The Kier molecular flexibility index (Phi) is 2.51. The van der Waals surface area contributed by atoms with Crippen molar-refractivity contribution in [2.75, 3.05) is 14.2 Å². The molecule has 1 heterocycles. The molecule has 0 unspecified atom stereocenters. The van der Waals surface area contributed by atoms with Crippen LogP contribution >= 0.6 is 0 Å². The van der Waals surface area contributed by atoms with Crippen LogP contribution in [0, 0.1) is 0 Å². The highest BCUT2D eigenvalue weighted by Gasteiger charge is 2.27. The Labute approximate surface area is 104 Å². The topological polar surface area (TPSA) is 48.7 Å². The zero-order chi connectivity index (χ0) is 12.7. The van der Waals surface area contributed by atoms with E-state index in [1.54, 1.807) is 26.4 Å². The number of benzene rings is 1. The van der Waals surface area contributed by atoms with Gasteiger partial charge in [-0.3, -0.25) is 0 Å². The number of rotatable bonds is 3. The third kappa shape index (κ3) is 1.74. The predicted octanol–water partition coefficient (Wildman–Crippen LogP) is 2.69. The number of hydrogen-bond donors (Lipinski definition) is 0. The molecule has 4 nitrogen and oxygen atoms in total. The summed E-state index contributed by atoms with van der Waals surface area (Å²) in [6, 6.07) is 5.18. The van der Waals surface area contributed by atoms with Gasteiger partial charge in [0.05, 0.1) is 14.2 Å². The lowest BCUT2D eigenvalue weighted by atomic mass is 10.1. The Balaban J connectivity index is 2.32. The van der Waals surface area contributed by atoms with Crippen molar-refractivity contribution in [3.8, 4) is 11.5 Å². The van der Waals surface area contributed by atoms with Gasteiger partial charge >= 0.3 is 5.63 Å². The van der Waals surface area contributed by atoms with Crippen LogP contribution in [0.3, 0.4) is 0 Å². The van der Waals surface area contributed by atoms with Gasteiger partial charge in [-0.25, -0.2) is 4.79 Å². The van der Waals surface area contributed by atoms with E-state index in [9.17, 15) is 4.79 Å². The molecule has 0 aliphatic heterocycles. The van der Waals surface area contributed by atoms with Crippen LogP contribution in [0.2, 0.25) is 0 Å². The van der Waals surface area contributed by atoms with E-state index in [2.05, 4.69) is 0 Å². The summed E-state index contributed by atoms with van der Waals surface area (Å²) in [4.78, 5) is 11.6. The van der Waals surface area contributed by atoms with Gasteiger partial charge in [0.2, 0.25) is 0 Å². The van der Waals surface area contributed by atoms with Gasteiger partial charge in [-0.05, 0) is 30.4 Å². The normalized spacial score (nSPS) is 14.8. The average Bonchev–Trinajstić information content (AvgIpc) is 3.20. The van der Waals surface area contributed by atoms with E-state index < -0.39 is 0 Å². The number of methoxy groups -OCH3 is 2. The van der Waals surface area contributed by atoms with Crippen LogP contribution in [-0.4, -0.2) is 14.2 Å². The molecule has 4 heteroatoms. The molecule has 1 aromatic carbocycles. The van der Waals surface area contributed by atoms with Crippen molar-refractivity contribution in [3.05, 3.63) is 34.2 Å². The fourth-order valence-electron chi connectivity index (χ4n) is 2.25. The van der Waals surface area contributed by atoms with Crippen LogP contribution in [0.5, 0.6) is 11.5 Å². The smallest absolute Gasteiger partial charge is 0.336 e. The zero-order valence-electron chi connectivity index (χ0n) is 10.4. The molecule has 1 aromatic heterocycles. The molecule has 1 aliphatic carbocycles. The maximum Gasteiger partial charge on any atom is 0.336 e. The lowest BCUT2D eigenvalue weighted by Gasteiger charge is -2.10. The first-order chi connectivity index (χ1) is 8.72. The van der Waals surface area contributed by atoms with Crippen molar-refractivity contribution in [2.45, 2.75) is 18.8 Å². The van der Waals surface area contributed by atoms with E-state index in [-0.39, 0.29) is 5.63 Å². The largest absolute Gasteiger partial charge is 0.493 e. The highest BCUT2D eigenvalue weighted by atomic mass is 16.5. The molecule has 1 saturated carbocycles. The van der Waals surface area contributed by atoms with Crippen LogP contribution in [0.1, 0.15) is 24.3 Å². The monoisotopic (exact) mass is 246 g/mol. The van der Waals surface area contributed by atoms with Crippen molar-refractivity contribution in [1.82, 2.24) is 0 Å². The third-order valence-corrected chi connectivity index (χ3v) is 3.30. The van der Waals surface area contributed by atoms with Gasteiger partial charge in [-0.2, -0.15) is 0 Å². The van der Waals surface area contributed by atoms with Crippen LogP contribution in [-0.2, 0) is 0 Å². The van der Waals surface area contributed by atoms with Crippen molar-refractivity contribution < 1.29 is 13.9 Å². The first kappa shape index (κ1) is 11.1.